The van der Waals surface area contributed by atoms with E-state index >= 15 is 0 Å². The topological polar surface area (TPSA) is 97.3 Å². The molecule has 0 unspecified atom stereocenters. The maximum absolute atomic E-state index is 13.0. The SMILES string of the molecule is Cc1nc(-c2cccnc2)ncc1C(=O)N1C[C@H]2COC[C@@H](C1)C(=O)N2. The summed E-state index contributed by atoms with van der Waals surface area (Å²) in [5, 5.41) is 2.93. The van der Waals surface area contributed by atoms with Crippen LogP contribution in [0.4, 0.5) is 0 Å². The number of fused-ring (bicyclic) bond motifs is 3. The molecule has 1 N–H and O–H groups in total. The molecule has 0 spiro atoms. The normalized spacial score (nSPS) is 22.5. The molecule has 2 aliphatic rings. The van der Waals surface area contributed by atoms with Crippen LogP contribution in [0.25, 0.3) is 11.4 Å². The van der Waals surface area contributed by atoms with Gasteiger partial charge in [-0.2, -0.15) is 0 Å². The van der Waals surface area contributed by atoms with Crippen LogP contribution in [0.1, 0.15) is 16.1 Å². The van der Waals surface area contributed by atoms with Gasteiger partial charge in [-0.05, 0) is 19.1 Å². The molecule has 134 valence electrons. The van der Waals surface area contributed by atoms with Gasteiger partial charge in [-0.3, -0.25) is 14.6 Å². The van der Waals surface area contributed by atoms with Crippen LogP contribution in [-0.2, 0) is 9.53 Å². The lowest BCUT2D eigenvalue weighted by atomic mass is 10.1. The monoisotopic (exact) mass is 353 g/mol. The van der Waals surface area contributed by atoms with Gasteiger partial charge >= 0.3 is 0 Å². The Labute approximate surface area is 150 Å². The van der Waals surface area contributed by atoms with Crippen LogP contribution in [0, 0.1) is 12.8 Å². The molecule has 2 fully saturated rings. The van der Waals surface area contributed by atoms with E-state index in [1.807, 2.05) is 12.1 Å². The van der Waals surface area contributed by atoms with E-state index in [2.05, 4.69) is 20.3 Å². The Hall–Kier alpha value is -2.87. The molecule has 2 aromatic heterocycles. The Morgan fingerprint density at radius 2 is 2.19 bits per heavy atom. The van der Waals surface area contributed by atoms with Crippen molar-refractivity contribution in [3.8, 4) is 11.4 Å². The molecule has 0 radical (unpaired) electrons. The number of rotatable bonds is 2. The summed E-state index contributed by atoms with van der Waals surface area (Å²) in [5.74, 6) is -0.0243. The summed E-state index contributed by atoms with van der Waals surface area (Å²) in [6.07, 6.45) is 4.92. The first-order valence-corrected chi connectivity index (χ1v) is 8.53. The van der Waals surface area contributed by atoms with E-state index in [1.54, 1.807) is 30.4 Å². The number of pyridine rings is 1. The molecular weight excluding hydrogens is 334 g/mol. The molecule has 2 amide bonds. The minimum absolute atomic E-state index is 0.0531. The predicted molar refractivity (Wildman–Crippen MR) is 92.1 cm³/mol. The molecule has 8 heteroatoms. The van der Waals surface area contributed by atoms with E-state index in [-0.39, 0.29) is 23.8 Å². The number of amides is 2. The van der Waals surface area contributed by atoms with Gasteiger partial charge in [0.1, 0.15) is 0 Å². The molecule has 8 nitrogen and oxygen atoms in total. The van der Waals surface area contributed by atoms with Crippen LogP contribution in [-0.4, -0.2) is 64.0 Å². The fraction of sp³-hybridized carbons (Fsp3) is 0.389. The molecule has 0 aliphatic carbocycles. The van der Waals surface area contributed by atoms with Crippen molar-refractivity contribution in [1.82, 2.24) is 25.2 Å². The van der Waals surface area contributed by atoms with E-state index in [9.17, 15) is 9.59 Å². The van der Waals surface area contributed by atoms with Crippen LogP contribution in [0.5, 0.6) is 0 Å². The fourth-order valence-corrected chi connectivity index (χ4v) is 3.28. The first-order chi connectivity index (χ1) is 12.6. The molecular formula is C18H19N5O3. The third-order valence-electron chi connectivity index (χ3n) is 4.65. The van der Waals surface area contributed by atoms with Gasteiger partial charge in [0.25, 0.3) is 5.91 Å². The van der Waals surface area contributed by atoms with Gasteiger partial charge in [-0.25, -0.2) is 9.97 Å². The number of carbonyl (C=O) groups excluding carboxylic acids is 2. The van der Waals surface area contributed by atoms with E-state index in [0.717, 1.165) is 5.56 Å². The van der Waals surface area contributed by atoms with Crippen LogP contribution < -0.4 is 5.32 Å². The molecule has 26 heavy (non-hydrogen) atoms. The lowest BCUT2D eigenvalue weighted by molar-refractivity contribution is -0.125. The maximum atomic E-state index is 13.0. The van der Waals surface area contributed by atoms with Gasteiger partial charge in [0, 0.05) is 37.2 Å². The first-order valence-electron chi connectivity index (χ1n) is 8.53. The second-order valence-electron chi connectivity index (χ2n) is 6.58. The molecule has 4 heterocycles. The van der Waals surface area contributed by atoms with Crippen LogP contribution in [0.15, 0.2) is 30.7 Å². The van der Waals surface area contributed by atoms with Crippen molar-refractivity contribution in [3.05, 3.63) is 42.0 Å². The van der Waals surface area contributed by atoms with Gasteiger partial charge < -0.3 is 15.0 Å². The maximum Gasteiger partial charge on any atom is 0.257 e. The van der Waals surface area contributed by atoms with E-state index in [0.29, 0.717) is 43.4 Å². The molecule has 2 saturated heterocycles. The summed E-state index contributed by atoms with van der Waals surface area (Å²) in [6, 6.07) is 3.50. The number of ether oxygens (including phenoxy) is 1. The molecule has 0 aromatic carbocycles. The second kappa shape index (κ2) is 6.80. The number of aryl methyl sites for hydroxylation is 1. The largest absolute Gasteiger partial charge is 0.378 e. The molecule has 2 bridgehead atoms. The smallest absolute Gasteiger partial charge is 0.257 e. The van der Waals surface area contributed by atoms with Crippen molar-refractivity contribution in [3.63, 3.8) is 0 Å². The zero-order valence-corrected chi connectivity index (χ0v) is 14.4. The number of nitrogens with zero attached hydrogens (tertiary/aromatic N) is 4. The van der Waals surface area contributed by atoms with Gasteiger partial charge in [-0.1, -0.05) is 0 Å². The highest BCUT2D eigenvalue weighted by atomic mass is 16.5. The fourth-order valence-electron chi connectivity index (χ4n) is 3.28. The Balaban J connectivity index is 1.59. The zero-order valence-electron chi connectivity index (χ0n) is 14.4. The van der Waals surface area contributed by atoms with Crippen molar-refractivity contribution in [1.29, 1.82) is 0 Å². The van der Waals surface area contributed by atoms with Crippen molar-refractivity contribution < 1.29 is 14.3 Å². The zero-order chi connectivity index (χ0) is 18.1. The van der Waals surface area contributed by atoms with E-state index < -0.39 is 0 Å². The molecule has 4 rings (SSSR count). The molecule has 2 atom stereocenters. The summed E-state index contributed by atoms with van der Waals surface area (Å²) in [7, 11) is 0. The highest BCUT2D eigenvalue weighted by Gasteiger charge is 2.35. The highest BCUT2D eigenvalue weighted by Crippen LogP contribution is 2.19. The summed E-state index contributed by atoms with van der Waals surface area (Å²) in [4.78, 5) is 39.7. The quantitative estimate of drug-likeness (QED) is 0.841. The van der Waals surface area contributed by atoms with Crippen LogP contribution >= 0.6 is 0 Å². The second-order valence-corrected chi connectivity index (χ2v) is 6.58. The number of hydrogen-bond acceptors (Lipinski definition) is 6. The molecule has 0 saturated carbocycles. The Kier molecular flexibility index (Phi) is 4.34. The third kappa shape index (κ3) is 3.15. The van der Waals surface area contributed by atoms with Crippen molar-refractivity contribution in [2.45, 2.75) is 13.0 Å². The molecule has 2 aromatic rings. The number of hydrogen-bond donors (Lipinski definition) is 1. The third-order valence-corrected chi connectivity index (χ3v) is 4.65. The van der Waals surface area contributed by atoms with E-state index in [4.69, 9.17) is 4.74 Å². The summed E-state index contributed by atoms with van der Waals surface area (Å²) in [6.45, 7) is 3.30. The van der Waals surface area contributed by atoms with Gasteiger partial charge in [0.15, 0.2) is 5.82 Å². The van der Waals surface area contributed by atoms with E-state index in [1.165, 1.54) is 0 Å². The lowest BCUT2D eigenvalue weighted by Crippen LogP contribution is -2.44. The van der Waals surface area contributed by atoms with Gasteiger partial charge in [0.2, 0.25) is 5.91 Å². The predicted octanol–water partition coefficient (Wildman–Crippen LogP) is 0.434. The van der Waals surface area contributed by atoms with Crippen molar-refractivity contribution in [2.75, 3.05) is 26.3 Å². The Morgan fingerprint density at radius 1 is 1.31 bits per heavy atom. The number of nitrogens with one attached hydrogen (secondary N) is 1. The number of aromatic nitrogens is 3. The van der Waals surface area contributed by atoms with Gasteiger partial charge in [-0.15, -0.1) is 0 Å². The standard InChI is InChI=1S/C18H19N5O3/c1-11-15(6-20-16(21-11)12-3-2-4-19-5-12)18(25)23-7-13-9-26-10-14(8-23)22-17(13)24/h2-6,13-14H,7-10H2,1H3,(H,22,24)/t13-,14+/m1/s1. The summed E-state index contributed by atoms with van der Waals surface area (Å²) < 4.78 is 5.50. The van der Waals surface area contributed by atoms with Gasteiger partial charge in [0.05, 0.1) is 36.4 Å². The minimum Gasteiger partial charge on any atom is -0.378 e. The highest BCUT2D eigenvalue weighted by molar-refractivity contribution is 5.95. The number of carbonyl (C=O) groups is 2. The van der Waals surface area contributed by atoms with Crippen LogP contribution in [0.2, 0.25) is 0 Å². The summed E-state index contributed by atoms with van der Waals surface area (Å²) in [5.41, 5.74) is 1.85. The Morgan fingerprint density at radius 3 is 2.96 bits per heavy atom. The minimum atomic E-state index is -0.345. The van der Waals surface area contributed by atoms with Crippen LogP contribution in [0.3, 0.4) is 0 Å². The Bertz CT molecular complexity index is 842. The van der Waals surface area contributed by atoms with Crippen molar-refractivity contribution in [2.24, 2.45) is 5.92 Å². The average molecular weight is 353 g/mol. The first kappa shape index (κ1) is 16.6. The summed E-state index contributed by atoms with van der Waals surface area (Å²) >= 11 is 0. The molecule has 2 aliphatic heterocycles. The lowest BCUT2D eigenvalue weighted by Gasteiger charge is -2.28. The average Bonchev–Trinajstić information content (AvgIpc) is 2.90. The van der Waals surface area contributed by atoms with Crippen molar-refractivity contribution >= 4 is 11.8 Å².